The maximum atomic E-state index is 11.8. The minimum absolute atomic E-state index is 0.0190. The normalized spacial score (nSPS) is 13.0. The summed E-state index contributed by atoms with van der Waals surface area (Å²) >= 11 is 0. The zero-order valence-electron chi connectivity index (χ0n) is 14.9. The molecule has 2 unspecified atom stereocenters. The number of unbranched alkanes of at least 4 members (excludes halogenated alkanes) is 5. The summed E-state index contributed by atoms with van der Waals surface area (Å²) in [4.78, 5) is 46.6. The molecule has 0 aromatic heterocycles. The summed E-state index contributed by atoms with van der Waals surface area (Å²) in [5.74, 6) is 12.2. The monoisotopic (exact) mass is 361 g/mol. The second-order valence-corrected chi connectivity index (χ2v) is 6.06. The average Bonchev–Trinajstić information content (AvgIpc) is 2.64. The maximum Gasteiger partial charge on any atom is 0.328 e. The molecule has 0 aromatic carbocycles. The number of hydrogen-bond donors (Lipinski definition) is 3. The van der Waals surface area contributed by atoms with Crippen LogP contribution >= 0.6 is 0 Å². The SMILES string of the molecule is CCC(CCCCCCCCC(=O)ON)C(CC(=O)ON)C(=O)ON. The molecule has 0 radical (unpaired) electrons. The Hall–Kier alpha value is -1.71. The Morgan fingerprint density at radius 2 is 1.36 bits per heavy atom. The maximum absolute atomic E-state index is 11.8. The number of carbonyl (C=O) groups excluding carboxylic acids is 3. The Balaban J connectivity index is 4.10. The Morgan fingerprint density at radius 3 is 1.88 bits per heavy atom. The van der Waals surface area contributed by atoms with Crippen molar-refractivity contribution >= 4 is 17.9 Å². The predicted molar refractivity (Wildman–Crippen MR) is 89.7 cm³/mol. The van der Waals surface area contributed by atoms with E-state index in [1.165, 1.54) is 0 Å². The van der Waals surface area contributed by atoms with E-state index in [0.29, 0.717) is 6.42 Å². The summed E-state index contributed by atoms with van der Waals surface area (Å²) < 4.78 is 0. The second-order valence-electron chi connectivity index (χ2n) is 6.06. The van der Waals surface area contributed by atoms with Crippen molar-refractivity contribution in [1.82, 2.24) is 0 Å². The van der Waals surface area contributed by atoms with Gasteiger partial charge in [0.2, 0.25) is 0 Å². The minimum Gasteiger partial charge on any atom is -0.373 e. The van der Waals surface area contributed by atoms with Gasteiger partial charge in [0, 0.05) is 6.42 Å². The molecule has 0 aromatic rings. The van der Waals surface area contributed by atoms with Gasteiger partial charge in [0.1, 0.15) is 0 Å². The summed E-state index contributed by atoms with van der Waals surface area (Å²) in [6, 6.07) is 0. The highest BCUT2D eigenvalue weighted by atomic mass is 16.7. The second kappa shape index (κ2) is 14.6. The number of nitrogens with two attached hydrogens (primary N) is 3. The molecule has 0 saturated heterocycles. The standard InChI is InChI=1S/C16H31N3O6/c1-2-12(13(16(22)25-19)11-15(21)24-18)9-7-5-3-4-6-8-10-14(20)23-17/h12-13H,2-11,17-19H2,1H3. The molecule has 0 saturated carbocycles. The number of carbonyl (C=O) groups is 3. The van der Waals surface area contributed by atoms with Gasteiger partial charge in [-0.15, -0.1) is 0 Å². The Labute approximate surface area is 148 Å². The summed E-state index contributed by atoms with van der Waals surface area (Å²) in [5, 5.41) is 0. The summed E-state index contributed by atoms with van der Waals surface area (Å²) in [6.07, 6.45) is 7.39. The molecule has 0 aliphatic carbocycles. The van der Waals surface area contributed by atoms with E-state index in [4.69, 9.17) is 17.7 Å². The van der Waals surface area contributed by atoms with Crippen molar-refractivity contribution in [1.29, 1.82) is 0 Å². The fourth-order valence-corrected chi connectivity index (χ4v) is 2.89. The van der Waals surface area contributed by atoms with Crippen LogP contribution in [0.3, 0.4) is 0 Å². The molecule has 0 bridgehead atoms. The Kier molecular flexibility index (Phi) is 13.6. The summed E-state index contributed by atoms with van der Waals surface area (Å²) in [7, 11) is 0. The largest absolute Gasteiger partial charge is 0.373 e. The van der Waals surface area contributed by atoms with Gasteiger partial charge in [-0.3, -0.25) is 14.4 Å². The highest BCUT2D eigenvalue weighted by molar-refractivity contribution is 5.79. The molecule has 0 rings (SSSR count). The molecule has 9 heteroatoms. The van der Waals surface area contributed by atoms with Crippen LogP contribution in [0.5, 0.6) is 0 Å². The van der Waals surface area contributed by atoms with Gasteiger partial charge in [-0.1, -0.05) is 45.4 Å². The Bertz CT molecular complexity index is 405. The van der Waals surface area contributed by atoms with Crippen molar-refractivity contribution in [2.75, 3.05) is 0 Å². The van der Waals surface area contributed by atoms with Crippen LogP contribution in [0, 0.1) is 11.8 Å². The lowest BCUT2D eigenvalue weighted by atomic mass is 9.83. The predicted octanol–water partition coefficient (Wildman–Crippen LogP) is 1.39. The Morgan fingerprint density at radius 1 is 0.800 bits per heavy atom. The first-order valence-electron chi connectivity index (χ1n) is 8.69. The molecule has 2 atom stereocenters. The van der Waals surface area contributed by atoms with Gasteiger partial charge < -0.3 is 14.5 Å². The van der Waals surface area contributed by atoms with Gasteiger partial charge in [0.25, 0.3) is 0 Å². The van der Waals surface area contributed by atoms with E-state index in [0.717, 1.165) is 51.4 Å². The van der Waals surface area contributed by atoms with Gasteiger partial charge in [0.15, 0.2) is 0 Å². The molecule has 9 nitrogen and oxygen atoms in total. The van der Waals surface area contributed by atoms with Crippen LogP contribution in [0.4, 0.5) is 0 Å². The van der Waals surface area contributed by atoms with E-state index in [1.54, 1.807) is 0 Å². The van der Waals surface area contributed by atoms with Crippen molar-refractivity contribution in [2.45, 2.75) is 71.1 Å². The molecule has 0 aliphatic heterocycles. The van der Waals surface area contributed by atoms with Crippen molar-refractivity contribution in [3.05, 3.63) is 0 Å². The van der Waals surface area contributed by atoms with Crippen LogP contribution < -0.4 is 17.7 Å². The van der Waals surface area contributed by atoms with E-state index in [9.17, 15) is 14.4 Å². The first kappa shape index (κ1) is 23.3. The molecule has 25 heavy (non-hydrogen) atoms. The quantitative estimate of drug-likeness (QED) is 0.307. The molecule has 0 amide bonds. The van der Waals surface area contributed by atoms with E-state index >= 15 is 0 Å². The van der Waals surface area contributed by atoms with Crippen LogP contribution in [0.2, 0.25) is 0 Å². The van der Waals surface area contributed by atoms with E-state index in [2.05, 4.69) is 14.5 Å². The third kappa shape index (κ3) is 10.7. The van der Waals surface area contributed by atoms with Gasteiger partial charge in [-0.05, 0) is 18.8 Å². The van der Waals surface area contributed by atoms with Gasteiger partial charge in [-0.2, -0.15) is 17.7 Å². The van der Waals surface area contributed by atoms with Gasteiger partial charge in [-0.25, -0.2) is 0 Å². The zero-order valence-corrected chi connectivity index (χ0v) is 14.9. The zero-order chi connectivity index (χ0) is 19.1. The van der Waals surface area contributed by atoms with Crippen LogP contribution in [0.1, 0.15) is 71.1 Å². The van der Waals surface area contributed by atoms with Gasteiger partial charge in [0.05, 0.1) is 12.3 Å². The summed E-state index contributed by atoms with van der Waals surface area (Å²) in [6.45, 7) is 1.95. The molecule has 0 heterocycles. The third-order valence-corrected chi connectivity index (χ3v) is 4.37. The van der Waals surface area contributed by atoms with Crippen molar-refractivity contribution < 1.29 is 28.9 Å². The molecular weight excluding hydrogens is 330 g/mol. The first-order valence-corrected chi connectivity index (χ1v) is 8.69. The molecule has 146 valence electrons. The highest BCUT2D eigenvalue weighted by Gasteiger charge is 2.31. The number of hydrogen-bond acceptors (Lipinski definition) is 9. The van der Waals surface area contributed by atoms with Crippen LogP contribution in [-0.4, -0.2) is 17.9 Å². The summed E-state index contributed by atoms with van der Waals surface area (Å²) in [5.41, 5.74) is 0. The van der Waals surface area contributed by atoms with E-state index in [1.807, 2.05) is 6.92 Å². The molecule has 0 fully saturated rings. The lowest BCUT2D eigenvalue weighted by Crippen LogP contribution is -2.31. The first-order chi connectivity index (χ1) is 12.0. The highest BCUT2D eigenvalue weighted by Crippen LogP contribution is 2.27. The van der Waals surface area contributed by atoms with Crippen LogP contribution in [0.15, 0.2) is 0 Å². The van der Waals surface area contributed by atoms with Crippen LogP contribution in [0.25, 0.3) is 0 Å². The van der Waals surface area contributed by atoms with Crippen molar-refractivity contribution in [3.8, 4) is 0 Å². The topological polar surface area (TPSA) is 157 Å². The van der Waals surface area contributed by atoms with Gasteiger partial charge >= 0.3 is 17.9 Å². The fourth-order valence-electron chi connectivity index (χ4n) is 2.89. The van der Waals surface area contributed by atoms with Crippen LogP contribution in [-0.2, 0) is 28.9 Å². The molecular formula is C16H31N3O6. The van der Waals surface area contributed by atoms with E-state index in [-0.39, 0.29) is 18.3 Å². The molecule has 6 N–H and O–H groups in total. The third-order valence-electron chi connectivity index (χ3n) is 4.37. The fraction of sp³-hybridized carbons (Fsp3) is 0.812. The lowest BCUT2D eigenvalue weighted by molar-refractivity contribution is -0.158. The number of rotatable bonds is 14. The molecule has 0 aliphatic rings. The average molecular weight is 361 g/mol. The van der Waals surface area contributed by atoms with Crippen molar-refractivity contribution in [3.63, 3.8) is 0 Å². The smallest absolute Gasteiger partial charge is 0.328 e. The molecule has 0 spiro atoms. The van der Waals surface area contributed by atoms with Crippen molar-refractivity contribution in [2.24, 2.45) is 29.5 Å². The minimum atomic E-state index is -0.662. The van der Waals surface area contributed by atoms with E-state index < -0.39 is 17.9 Å². The lowest BCUT2D eigenvalue weighted by Gasteiger charge is -2.22.